The maximum Gasteiger partial charge on any atom is 0.257 e. The number of hydrogen-bond acceptors (Lipinski definition) is 5. The Morgan fingerprint density at radius 3 is 3.00 bits per heavy atom. The third-order valence-electron chi connectivity index (χ3n) is 4.17. The van der Waals surface area contributed by atoms with Gasteiger partial charge in [0.15, 0.2) is 5.65 Å². The van der Waals surface area contributed by atoms with E-state index < -0.39 is 11.7 Å². The fraction of sp³-hybridized carbons (Fsp3) is 0.500. The summed E-state index contributed by atoms with van der Waals surface area (Å²) in [7, 11) is 0. The number of carbonyl (C=O) groups is 1. The van der Waals surface area contributed by atoms with Crippen LogP contribution >= 0.6 is 0 Å². The number of hydrogen-bond donors (Lipinski definition) is 2. The molecule has 0 aliphatic carbocycles. The summed E-state index contributed by atoms with van der Waals surface area (Å²) in [4.78, 5) is 18.3. The highest BCUT2D eigenvalue weighted by atomic mass is 16.3. The molecule has 1 fully saturated rings. The lowest BCUT2D eigenvalue weighted by Gasteiger charge is -2.40. The van der Waals surface area contributed by atoms with E-state index in [2.05, 4.69) is 10.1 Å². The fourth-order valence-corrected chi connectivity index (χ4v) is 2.58. The number of aliphatic hydroxyl groups is 2. The van der Waals surface area contributed by atoms with Crippen molar-refractivity contribution >= 4 is 11.6 Å². The standard InChI is InChI=1S/C14H18N4O3/c1-9-10(7-15-12-3-5-16-18(9)12)13(20)17-6-4-14(2,21)11(19)8-17/h3,5,7,11,19,21H,4,6,8H2,1-2H3/t11-,14-/m0/s1. The van der Waals surface area contributed by atoms with Crippen LogP contribution in [0.15, 0.2) is 18.5 Å². The molecule has 21 heavy (non-hydrogen) atoms. The second kappa shape index (κ2) is 4.78. The summed E-state index contributed by atoms with van der Waals surface area (Å²) in [6.07, 6.45) is 2.56. The van der Waals surface area contributed by atoms with Crippen LogP contribution < -0.4 is 0 Å². The zero-order chi connectivity index (χ0) is 15.2. The normalized spacial score (nSPS) is 26.3. The fourth-order valence-electron chi connectivity index (χ4n) is 2.58. The number of fused-ring (bicyclic) bond motifs is 1. The Balaban J connectivity index is 1.89. The summed E-state index contributed by atoms with van der Waals surface area (Å²) < 4.78 is 1.61. The van der Waals surface area contributed by atoms with Crippen LogP contribution in [0.25, 0.3) is 5.65 Å². The van der Waals surface area contributed by atoms with Crippen LogP contribution in [0.2, 0.25) is 0 Å². The van der Waals surface area contributed by atoms with Gasteiger partial charge in [0.05, 0.1) is 29.2 Å². The van der Waals surface area contributed by atoms with Crippen LogP contribution in [0.3, 0.4) is 0 Å². The number of β-amino-alcohol motifs (C(OH)–C–C–N with tert-alkyl or cyclic N) is 1. The monoisotopic (exact) mass is 290 g/mol. The van der Waals surface area contributed by atoms with Gasteiger partial charge < -0.3 is 15.1 Å². The van der Waals surface area contributed by atoms with E-state index >= 15 is 0 Å². The van der Waals surface area contributed by atoms with Gasteiger partial charge in [0.1, 0.15) is 0 Å². The van der Waals surface area contributed by atoms with E-state index in [0.29, 0.717) is 29.9 Å². The zero-order valence-electron chi connectivity index (χ0n) is 12.0. The Kier molecular flexibility index (Phi) is 3.18. The molecule has 1 aliphatic heterocycles. The molecule has 2 atom stereocenters. The van der Waals surface area contributed by atoms with Crippen LogP contribution in [0, 0.1) is 6.92 Å². The van der Waals surface area contributed by atoms with Crippen LogP contribution in [0.5, 0.6) is 0 Å². The summed E-state index contributed by atoms with van der Waals surface area (Å²) in [5, 5.41) is 24.0. The minimum absolute atomic E-state index is 0.114. The first-order chi connectivity index (χ1) is 9.90. The Bertz CT molecular complexity index is 695. The van der Waals surface area contributed by atoms with Gasteiger partial charge in [-0.25, -0.2) is 9.50 Å². The van der Waals surface area contributed by atoms with Crippen molar-refractivity contribution in [2.24, 2.45) is 0 Å². The molecule has 7 nitrogen and oxygen atoms in total. The van der Waals surface area contributed by atoms with E-state index in [1.54, 1.807) is 28.6 Å². The molecule has 2 aromatic heterocycles. The first-order valence-corrected chi connectivity index (χ1v) is 6.89. The van der Waals surface area contributed by atoms with Gasteiger partial charge in [0.25, 0.3) is 5.91 Å². The molecule has 2 aromatic rings. The zero-order valence-corrected chi connectivity index (χ0v) is 12.0. The first-order valence-electron chi connectivity index (χ1n) is 6.89. The van der Waals surface area contributed by atoms with Crippen molar-refractivity contribution in [1.29, 1.82) is 0 Å². The molecule has 112 valence electrons. The van der Waals surface area contributed by atoms with E-state index in [1.165, 1.54) is 6.20 Å². The van der Waals surface area contributed by atoms with Gasteiger partial charge in [-0.15, -0.1) is 0 Å². The molecule has 2 N–H and O–H groups in total. The van der Waals surface area contributed by atoms with Crippen molar-refractivity contribution in [3.8, 4) is 0 Å². The summed E-state index contributed by atoms with van der Waals surface area (Å²) in [5.41, 5.74) is 0.711. The summed E-state index contributed by atoms with van der Waals surface area (Å²) >= 11 is 0. The van der Waals surface area contributed by atoms with Gasteiger partial charge in [-0.05, 0) is 20.3 Å². The lowest BCUT2D eigenvalue weighted by molar-refractivity contribution is -0.0999. The highest BCUT2D eigenvalue weighted by Gasteiger charge is 2.38. The second-order valence-electron chi connectivity index (χ2n) is 5.73. The van der Waals surface area contributed by atoms with Gasteiger partial charge in [-0.1, -0.05) is 0 Å². The molecular weight excluding hydrogens is 272 g/mol. The predicted octanol–water partition coefficient (Wildman–Crippen LogP) is -0.00448. The predicted molar refractivity (Wildman–Crippen MR) is 74.9 cm³/mol. The third kappa shape index (κ3) is 2.28. The Labute approximate surface area is 121 Å². The Hall–Kier alpha value is -1.99. The van der Waals surface area contributed by atoms with Crippen molar-refractivity contribution < 1.29 is 15.0 Å². The lowest BCUT2D eigenvalue weighted by Crippen LogP contribution is -2.55. The van der Waals surface area contributed by atoms with E-state index in [9.17, 15) is 15.0 Å². The Morgan fingerprint density at radius 1 is 1.52 bits per heavy atom. The first kappa shape index (κ1) is 14.0. The van der Waals surface area contributed by atoms with E-state index in [0.717, 1.165) is 0 Å². The maximum absolute atomic E-state index is 12.6. The molecule has 0 unspecified atom stereocenters. The number of carbonyl (C=O) groups excluding carboxylic acids is 1. The summed E-state index contributed by atoms with van der Waals surface area (Å²) in [6, 6.07) is 1.77. The second-order valence-corrected chi connectivity index (χ2v) is 5.73. The van der Waals surface area contributed by atoms with E-state index in [1.807, 2.05) is 6.92 Å². The minimum atomic E-state index is -1.14. The van der Waals surface area contributed by atoms with Crippen molar-refractivity contribution in [3.63, 3.8) is 0 Å². The molecular formula is C14H18N4O3. The number of nitrogens with zero attached hydrogens (tertiary/aromatic N) is 4. The number of amides is 1. The largest absolute Gasteiger partial charge is 0.388 e. The van der Waals surface area contributed by atoms with Crippen LogP contribution in [-0.4, -0.2) is 60.4 Å². The van der Waals surface area contributed by atoms with Crippen LogP contribution in [0.4, 0.5) is 0 Å². The number of piperidine rings is 1. The van der Waals surface area contributed by atoms with Gasteiger partial charge in [-0.3, -0.25) is 4.79 Å². The number of likely N-dealkylation sites (tertiary alicyclic amines) is 1. The number of aryl methyl sites for hydroxylation is 1. The van der Waals surface area contributed by atoms with E-state index in [4.69, 9.17) is 0 Å². The maximum atomic E-state index is 12.6. The molecule has 0 saturated carbocycles. The molecule has 1 aliphatic rings. The molecule has 0 spiro atoms. The van der Waals surface area contributed by atoms with E-state index in [-0.39, 0.29) is 12.5 Å². The number of aromatic nitrogens is 3. The SMILES string of the molecule is Cc1c(C(=O)N2CC[C@](C)(O)[C@@H](O)C2)cnc2ccnn12. The molecule has 7 heteroatoms. The van der Waals surface area contributed by atoms with Gasteiger partial charge >= 0.3 is 0 Å². The van der Waals surface area contributed by atoms with Crippen molar-refractivity contribution in [2.75, 3.05) is 13.1 Å². The molecule has 0 radical (unpaired) electrons. The number of aliphatic hydroxyl groups excluding tert-OH is 1. The van der Waals surface area contributed by atoms with Crippen LogP contribution in [0.1, 0.15) is 29.4 Å². The average Bonchev–Trinajstić information content (AvgIpc) is 2.91. The topological polar surface area (TPSA) is 91.0 Å². The molecule has 3 heterocycles. The van der Waals surface area contributed by atoms with Gasteiger partial charge in [0.2, 0.25) is 0 Å². The van der Waals surface area contributed by atoms with Crippen molar-refractivity contribution in [3.05, 3.63) is 29.7 Å². The lowest BCUT2D eigenvalue weighted by atomic mass is 9.90. The smallest absolute Gasteiger partial charge is 0.257 e. The van der Waals surface area contributed by atoms with Crippen molar-refractivity contribution in [2.45, 2.75) is 32.0 Å². The highest BCUT2D eigenvalue weighted by molar-refractivity contribution is 5.95. The number of rotatable bonds is 1. The van der Waals surface area contributed by atoms with Crippen LogP contribution in [-0.2, 0) is 0 Å². The molecule has 3 rings (SSSR count). The molecule has 0 aromatic carbocycles. The van der Waals surface area contributed by atoms with Gasteiger partial charge in [0, 0.05) is 25.4 Å². The summed E-state index contributed by atoms with van der Waals surface area (Å²) in [6.45, 7) is 3.91. The molecule has 1 saturated heterocycles. The minimum Gasteiger partial charge on any atom is -0.388 e. The highest BCUT2D eigenvalue weighted by Crippen LogP contribution is 2.23. The third-order valence-corrected chi connectivity index (χ3v) is 4.17. The Morgan fingerprint density at radius 2 is 2.29 bits per heavy atom. The van der Waals surface area contributed by atoms with Crippen molar-refractivity contribution in [1.82, 2.24) is 19.5 Å². The molecule has 1 amide bonds. The molecule has 0 bridgehead atoms. The quantitative estimate of drug-likeness (QED) is 0.771. The summed E-state index contributed by atoms with van der Waals surface area (Å²) in [5.74, 6) is -0.202. The average molecular weight is 290 g/mol. The van der Waals surface area contributed by atoms with Gasteiger partial charge in [-0.2, -0.15) is 5.10 Å².